The Balaban J connectivity index is 2.13. The second-order valence-corrected chi connectivity index (χ2v) is 5.79. The summed E-state index contributed by atoms with van der Waals surface area (Å²) in [5.74, 6) is -0.458. The first kappa shape index (κ1) is 15.5. The lowest BCUT2D eigenvalue weighted by Crippen LogP contribution is -2.40. The van der Waals surface area contributed by atoms with Gasteiger partial charge in [-0.15, -0.1) is 0 Å². The van der Waals surface area contributed by atoms with Gasteiger partial charge in [0.1, 0.15) is 6.10 Å². The van der Waals surface area contributed by atoms with Crippen LogP contribution in [0.15, 0.2) is 24.3 Å². The lowest BCUT2D eigenvalue weighted by molar-refractivity contribution is -0.174. The Labute approximate surface area is 124 Å². The van der Waals surface area contributed by atoms with Crippen LogP contribution in [0.2, 0.25) is 0 Å². The van der Waals surface area contributed by atoms with Crippen LogP contribution in [0.25, 0.3) is 0 Å². The summed E-state index contributed by atoms with van der Waals surface area (Å²) in [6.45, 7) is 3.64. The molecule has 0 radical (unpaired) electrons. The summed E-state index contributed by atoms with van der Waals surface area (Å²) < 4.78 is 5.24. The van der Waals surface area contributed by atoms with Crippen LogP contribution in [0.1, 0.15) is 42.6 Å². The van der Waals surface area contributed by atoms with Gasteiger partial charge >= 0.3 is 5.97 Å². The minimum atomic E-state index is -0.732. The van der Waals surface area contributed by atoms with Crippen molar-refractivity contribution in [2.75, 3.05) is 14.2 Å². The fourth-order valence-corrected chi connectivity index (χ4v) is 2.03. The normalized spacial score (nSPS) is 14.7. The topological polar surface area (TPSA) is 55.8 Å². The van der Waals surface area contributed by atoms with Gasteiger partial charge in [-0.25, -0.2) is 9.86 Å². The van der Waals surface area contributed by atoms with Crippen molar-refractivity contribution in [2.45, 2.75) is 38.2 Å². The number of hydrogen-bond acceptors (Lipinski definition) is 4. The number of amides is 1. The van der Waals surface area contributed by atoms with E-state index in [2.05, 4.69) is 0 Å². The maximum absolute atomic E-state index is 12.3. The highest BCUT2D eigenvalue weighted by Crippen LogP contribution is 2.27. The summed E-state index contributed by atoms with van der Waals surface area (Å²) >= 11 is 0. The van der Waals surface area contributed by atoms with E-state index >= 15 is 0 Å². The molecule has 0 unspecified atom stereocenters. The Hall–Kier alpha value is -1.88. The average Bonchev–Trinajstić information content (AvgIpc) is 3.29. The zero-order valence-corrected chi connectivity index (χ0v) is 12.9. The van der Waals surface area contributed by atoms with Crippen molar-refractivity contribution < 1.29 is 19.2 Å². The molecule has 21 heavy (non-hydrogen) atoms. The smallest absolute Gasteiger partial charge is 0.338 e. The molecule has 1 saturated carbocycles. The van der Waals surface area contributed by atoms with Crippen molar-refractivity contribution in [2.24, 2.45) is 0 Å². The van der Waals surface area contributed by atoms with Gasteiger partial charge in [-0.05, 0) is 44.4 Å². The van der Waals surface area contributed by atoms with Crippen LogP contribution in [0.5, 0.6) is 0 Å². The monoisotopic (exact) mass is 291 g/mol. The number of benzene rings is 1. The van der Waals surface area contributed by atoms with Crippen LogP contribution in [0.4, 0.5) is 0 Å². The maximum Gasteiger partial charge on any atom is 0.338 e. The fraction of sp³-hybridized carbons (Fsp3) is 0.500. The molecule has 0 heterocycles. The molecule has 0 aliphatic heterocycles. The van der Waals surface area contributed by atoms with Gasteiger partial charge in [-0.2, -0.15) is 0 Å². The van der Waals surface area contributed by atoms with Crippen LogP contribution >= 0.6 is 0 Å². The number of likely N-dealkylation sites (N-methyl/N-ethyl adjacent to an activating group) is 1. The highest BCUT2D eigenvalue weighted by Gasteiger charge is 2.33. The van der Waals surface area contributed by atoms with Crippen LogP contribution in [-0.2, 0) is 19.8 Å². The number of rotatable bonds is 5. The molecule has 1 aliphatic carbocycles. The molecule has 1 aliphatic rings. The summed E-state index contributed by atoms with van der Waals surface area (Å²) in [4.78, 5) is 29.0. The van der Waals surface area contributed by atoms with E-state index < -0.39 is 5.41 Å². The lowest BCUT2D eigenvalue weighted by atomic mass is 9.83. The molecule has 5 nitrogen and oxygen atoms in total. The highest BCUT2D eigenvalue weighted by molar-refractivity contribution is 5.90. The molecule has 5 heteroatoms. The first-order chi connectivity index (χ1) is 9.86. The van der Waals surface area contributed by atoms with E-state index in [0.717, 1.165) is 18.4 Å². The van der Waals surface area contributed by atoms with Gasteiger partial charge in [0.15, 0.2) is 0 Å². The van der Waals surface area contributed by atoms with Crippen LogP contribution < -0.4 is 0 Å². The molecule has 1 amide bonds. The molecule has 0 aromatic heterocycles. The molecule has 0 atom stereocenters. The Kier molecular flexibility index (Phi) is 4.32. The summed E-state index contributed by atoms with van der Waals surface area (Å²) in [7, 11) is 3.02. The van der Waals surface area contributed by atoms with Gasteiger partial charge in [-0.3, -0.25) is 9.63 Å². The Bertz CT molecular complexity index is 532. The molecule has 1 aromatic carbocycles. The molecule has 0 N–H and O–H groups in total. The first-order valence-corrected chi connectivity index (χ1v) is 7.00. The molecule has 0 spiro atoms. The number of carbonyl (C=O) groups is 2. The minimum absolute atomic E-state index is 0.0885. The quantitative estimate of drug-likeness (QED) is 0.617. The van der Waals surface area contributed by atoms with E-state index in [1.54, 1.807) is 31.3 Å². The molecular weight excluding hydrogens is 270 g/mol. The molecule has 2 rings (SSSR count). The summed E-state index contributed by atoms with van der Waals surface area (Å²) in [6.07, 6.45) is 1.99. The van der Waals surface area contributed by atoms with E-state index in [-0.39, 0.29) is 18.0 Å². The van der Waals surface area contributed by atoms with Crippen molar-refractivity contribution in [3.8, 4) is 0 Å². The zero-order chi connectivity index (χ0) is 15.6. The molecular formula is C16H21NO4. The van der Waals surface area contributed by atoms with Crippen molar-refractivity contribution >= 4 is 11.9 Å². The van der Waals surface area contributed by atoms with Gasteiger partial charge in [0.05, 0.1) is 18.1 Å². The standard InChI is InChI=1S/C16H21NO4/c1-16(2,15(19)17(3)20-4)12-7-5-11(6-8-12)14(18)21-13-9-10-13/h5-8,13H,9-10H2,1-4H3. The van der Waals surface area contributed by atoms with E-state index in [1.807, 2.05) is 13.8 Å². The zero-order valence-electron chi connectivity index (χ0n) is 12.9. The fourth-order valence-electron chi connectivity index (χ4n) is 2.03. The number of ether oxygens (including phenoxy) is 1. The van der Waals surface area contributed by atoms with Crippen LogP contribution in [-0.4, -0.2) is 37.2 Å². The van der Waals surface area contributed by atoms with Crippen molar-refractivity contribution in [1.29, 1.82) is 0 Å². The van der Waals surface area contributed by atoms with E-state index in [9.17, 15) is 9.59 Å². The number of nitrogens with zero attached hydrogens (tertiary/aromatic N) is 1. The average molecular weight is 291 g/mol. The van der Waals surface area contributed by atoms with Crippen molar-refractivity contribution in [1.82, 2.24) is 5.06 Å². The Morgan fingerprint density at radius 3 is 2.24 bits per heavy atom. The number of carbonyl (C=O) groups excluding carboxylic acids is 2. The van der Waals surface area contributed by atoms with E-state index in [0.29, 0.717) is 5.56 Å². The van der Waals surface area contributed by atoms with Crippen molar-refractivity contribution in [3.63, 3.8) is 0 Å². The third kappa shape index (κ3) is 3.42. The SMILES string of the molecule is CON(C)C(=O)C(C)(C)c1ccc(C(=O)OC2CC2)cc1. The third-order valence-electron chi connectivity index (χ3n) is 3.73. The Morgan fingerprint density at radius 1 is 1.19 bits per heavy atom. The number of esters is 1. The first-order valence-electron chi connectivity index (χ1n) is 7.00. The molecule has 1 aromatic rings. The highest BCUT2D eigenvalue weighted by atomic mass is 16.7. The van der Waals surface area contributed by atoms with Gasteiger partial charge in [0, 0.05) is 7.05 Å². The number of hydrogen-bond donors (Lipinski definition) is 0. The largest absolute Gasteiger partial charge is 0.459 e. The van der Waals surface area contributed by atoms with Crippen molar-refractivity contribution in [3.05, 3.63) is 35.4 Å². The molecule has 0 saturated heterocycles. The molecule has 114 valence electrons. The van der Waals surface area contributed by atoms with Gasteiger partial charge in [-0.1, -0.05) is 12.1 Å². The lowest BCUT2D eigenvalue weighted by Gasteiger charge is -2.28. The summed E-state index contributed by atoms with van der Waals surface area (Å²) in [5, 5.41) is 1.20. The summed E-state index contributed by atoms with van der Waals surface area (Å²) in [6, 6.07) is 6.96. The van der Waals surface area contributed by atoms with E-state index in [4.69, 9.17) is 9.57 Å². The third-order valence-corrected chi connectivity index (χ3v) is 3.73. The van der Waals surface area contributed by atoms with E-state index in [1.165, 1.54) is 12.2 Å². The number of hydroxylamine groups is 2. The second kappa shape index (κ2) is 5.85. The molecule has 0 bridgehead atoms. The predicted octanol–water partition coefficient (Wildman–Crippen LogP) is 2.30. The van der Waals surface area contributed by atoms with Gasteiger partial charge in [0.25, 0.3) is 5.91 Å². The van der Waals surface area contributed by atoms with Gasteiger partial charge < -0.3 is 4.74 Å². The second-order valence-electron chi connectivity index (χ2n) is 5.79. The minimum Gasteiger partial charge on any atom is -0.459 e. The Morgan fingerprint density at radius 2 is 1.76 bits per heavy atom. The summed E-state index contributed by atoms with van der Waals surface area (Å²) in [5.41, 5.74) is 0.595. The predicted molar refractivity (Wildman–Crippen MR) is 77.7 cm³/mol. The van der Waals surface area contributed by atoms with Crippen LogP contribution in [0, 0.1) is 0 Å². The van der Waals surface area contributed by atoms with Crippen LogP contribution in [0.3, 0.4) is 0 Å². The van der Waals surface area contributed by atoms with Gasteiger partial charge in [0.2, 0.25) is 0 Å². The molecule has 1 fully saturated rings. The maximum atomic E-state index is 12.3.